The summed E-state index contributed by atoms with van der Waals surface area (Å²) in [6, 6.07) is 11.6. The van der Waals surface area contributed by atoms with Crippen molar-refractivity contribution in [3.8, 4) is 0 Å². The average Bonchev–Trinajstić information content (AvgIpc) is 3.27. The number of carbonyl (C=O) groups is 3. The van der Waals surface area contributed by atoms with E-state index in [0.717, 1.165) is 29.7 Å². The summed E-state index contributed by atoms with van der Waals surface area (Å²) in [5.74, 6) is -0.699. The van der Waals surface area contributed by atoms with Gasteiger partial charge in [-0.3, -0.25) is 9.10 Å². The molecule has 8 heteroatoms. The molecule has 3 amide bonds. The number of nitrogens with zero attached hydrogens (tertiary/aromatic N) is 1. The lowest BCUT2D eigenvalue weighted by atomic mass is 9.95. The maximum Gasteiger partial charge on any atom is 0.337 e. The summed E-state index contributed by atoms with van der Waals surface area (Å²) in [5, 5.41) is 5.77. The second kappa shape index (κ2) is 9.43. The van der Waals surface area contributed by atoms with E-state index in [2.05, 4.69) is 28.2 Å². The van der Waals surface area contributed by atoms with Gasteiger partial charge in [0.15, 0.2) is 0 Å². The number of nitrogens with one attached hydrogen (secondary N) is 2. The van der Waals surface area contributed by atoms with Gasteiger partial charge in [-0.05, 0) is 62.1 Å². The van der Waals surface area contributed by atoms with Crippen molar-refractivity contribution < 1.29 is 19.1 Å². The van der Waals surface area contributed by atoms with Gasteiger partial charge >= 0.3 is 12.0 Å². The smallest absolute Gasteiger partial charge is 0.337 e. The van der Waals surface area contributed by atoms with Crippen LogP contribution in [-0.2, 0) is 9.53 Å². The first-order valence-corrected chi connectivity index (χ1v) is 10.5. The quantitative estimate of drug-likeness (QED) is 0.463. The van der Waals surface area contributed by atoms with Crippen LogP contribution in [0.2, 0.25) is 0 Å². The van der Waals surface area contributed by atoms with E-state index in [1.165, 1.54) is 11.4 Å². The Kier molecular flexibility index (Phi) is 6.90. The highest BCUT2D eigenvalue weighted by Crippen LogP contribution is 2.38. The van der Waals surface area contributed by atoms with Crippen LogP contribution in [0.1, 0.15) is 47.2 Å². The number of methoxy groups -OCH3 is 1. The molecule has 31 heavy (non-hydrogen) atoms. The molecule has 1 aliphatic carbocycles. The zero-order valence-electron chi connectivity index (χ0n) is 17.9. The van der Waals surface area contributed by atoms with Crippen molar-refractivity contribution in [2.24, 2.45) is 0 Å². The summed E-state index contributed by atoms with van der Waals surface area (Å²) < 4.78 is 5.88. The third kappa shape index (κ3) is 4.69. The van der Waals surface area contributed by atoms with Gasteiger partial charge in [-0.1, -0.05) is 43.9 Å². The maximum absolute atomic E-state index is 13.4. The average molecular weight is 442 g/mol. The van der Waals surface area contributed by atoms with Gasteiger partial charge in [-0.2, -0.15) is 0 Å². The highest BCUT2D eigenvalue weighted by Gasteiger charge is 2.48. The Morgan fingerprint density at radius 1 is 0.968 bits per heavy atom. The van der Waals surface area contributed by atoms with Crippen molar-refractivity contribution in [3.63, 3.8) is 0 Å². The molecule has 7 nitrogen and oxygen atoms in total. The Hall–Kier alpha value is -3.00. The molecule has 2 aromatic rings. The molecule has 0 spiro atoms. The number of para-hydroxylation sites is 1. The van der Waals surface area contributed by atoms with Crippen LogP contribution >= 0.6 is 12.8 Å². The minimum absolute atomic E-state index is 0.242. The van der Waals surface area contributed by atoms with Crippen LogP contribution in [0.5, 0.6) is 0 Å². The van der Waals surface area contributed by atoms with Crippen LogP contribution in [0.15, 0.2) is 42.5 Å². The number of amides is 3. The summed E-state index contributed by atoms with van der Waals surface area (Å²) in [6.45, 7) is 3.88. The molecule has 0 atom stereocenters. The second-order valence-electron chi connectivity index (χ2n) is 7.77. The number of hydrogen-bond donors (Lipinski definition) is 3. The van der Waals surface area contributed by atoms with Crippen molar-refractivity contribution in [1.29, 1.82) is 0 Å². The van der Waals surface area contributed by atoms with Crippen LogP contribution in [0.3, 0.4) is 0 Å². The van der Waals surface area contributed by atoms with E-state index in [1.807, 2.05) is 32.0 Å². The number of aryl methyl sites for hydroxylation is 2. The summed E-state index contributed by atoms with van der Waals surface area (Å²) >= 11 is 4.45. The number of urea groups is 1. The molecule has 1 saturated carbocycles. The van der Waals surface area contributed by atoms with Gasteiger partial charge in [-0.15, -0.1) is 0 Å². The van der Waals surface area contributed by atoms with E-state index in [1.54, 1.807) is 24.3 Å². The molecule has 0 aromatic heterocycles. The van der Waals surface area contributed by atoms with Crippen LogP contribution in [0.25, 0.3) is 0 Å². The van der Waals surface area contributed by atoms with Crippen molar-refractivity contribution in [2.45, 2.75) is 45.1 Å². The van der Waals surface area contributed by atoms with Crippen molar-refractivity contribution in [3.05, 3.63) is 59.2 Å². The van der Waals surface area contributed by atoms with Crippen LogP contribution in [-0.4, -0.2) is 34.9 Å². The summed E-state index contributed by atoms with van der Waals surface area (Å²) in [4.78, 5) is 37.9. The highest BCUT2D eigenvalue weighted by molar-refractivity contribution is 7.78. The number of esters is 1. The number of ether oxygens (including phenoxy) is 1. The number of benzene rings is 2. The summed E-state index contributed by atoms with van der Waals surface area (Å²) in [7, 11) is 1.31. The predicted octanol–water partition coefficient (Wildman–Crippen LogP) is 4.72. The Morgan fingerprint density at radius 3 is 2.10 bits per heavy atom. The van der Waals surface area contributed by atoms with E-state index in [4.69, 9.17) is 0 Å². The Bertz CT molecular complexity index is 965. The van der Waals surface area contributed by atoms with E-state index in [9.17, 15) is 14.4 Å². The lowest BCUT2D eigenvalue weighted by Gasteiger charge is -2.36. The molecular weight excluding hydrogens is 414 g/mol. The highest BCUT2D eigenvalue weighted by atomic mass is 32.1. The number of thiol groups is 1. The Labute approximate surface area is 187 Å². The number of hydrogen-bond acceptors (Lipinski definition) is 5. The zero-order chi connectivity index (χ0) is 22.6. The fourth-order valence-corrected chi connectivity index (χ4v) is 4.26. The van der Waals surface area contributed by atoms with Crippen molar-refractivity contribution in [1.82, 2.24) is 4.31 Å². The fraction of sp³-hybridized carbons (Fsp3) is 0.348. The van der Waals surface area contributed by atoms with E-state index in [0.29, 0.717) is 24.1 Å². The Morgan fingerprint density at radius 2 is 1.55 bits per heavy atom. The van der Waals surface area contributed by atoms with Crippen LogP contribution in [0.4, 0.5) is 16.2 Å². The lowest BCUT2D eigenvalue weighted by molar-refractivity contribution is -0.123. The third-order valence-electron chi connectivity index (χ3n) is 5.73. The molecule has 0 saturated heterocycles. The van der Waals surface area contributed by atoms with Gasteiger partial charge in [-0.25, -0.2) is 9.59 Å². The monoisotopic (exact) mass is 441 g/mol. The number of carbonyl (C=O) groups excluding carboxylic acids is 3. The SMILES string of the molecule is COC(=O)c1ccc(NC(=O)N(S)C2(C(=O)Nc3c(C)cccc3C)CCCC2)cc1. The third-order valence-corrected chi connectivity index (χ3v) is 6.29. The predicted molar refractivity (Wildman–Crippen MR) is 123 cm³/mol. The molecule has 0 heterocycles. The van der Waals surface area contributed by atoms with Gasteiger partial charge in [0.1, 0.15) is 5.54 Å². The minimum atomic E-state index is -1.05. The largest absolute Gasteiger partial charge is 0.465 e. The van der Waals surface area contributed by atoms with Gasteiger partial charge in [0.2, 0.25) is 0 Å². The summed E-state index contributed by atoms with van der Waals surface area (Å²) in [6.07, 6.45) is 2.72. The first kappa shape index (κ1) is 22.7. The molecule has 0 aliphatic heterocycles. The standard InChI is InChI=1S/C23H27N3O4S/c1-15-7-6-8-16(2)19(15)25-21(28)23(13-4-5-14-23)26(31)22(29)24-18-11-9-17(10-12-18)20(27)30-3/h6-12,31H,4-5,13-14H2,1-3H3,(H,24,29)(H,25,28). The second-order valence-corrected chi connectivity index (χ2v) is 8.17. The molecule has 1 fully saturated rings. The van der Waals surface area contributed by atoms with Crippen LogP contribution < -0.4 is 10.6 Å². The molecule has 3 rings (SSSR count). The number of anilines is 2. The molecule has 2 aromatic carbocycles. The number of rotatable bonds is 5. The normalized spacial score (nSPS) is 14.6. The van der Waals surface area contributed by atoms with E-state index in [-0.39, 0.29) is 5.91 Å². The van der Waals surface area contributed by atoms with Crippen molar-refractivity contribution >= 4 is 42.1 Å². The molecule has 2 N–H and O–H groups in total. The first-order valence-electron chi connectivity index (χ1n) is 10.1. The maximum atomic E-state index is 13.4. The van der Waals surface area contributed by atoms with E-state index >= 15 is 0 Å². The van der Waals surface area contributed by atoms with Gasteiger partial charge in [0.05, 0.1) is 12.7 Å². The van der Waals surface area contributed by atoms with Crippen molar-refractivity contribution in [2.75, 3.05) is 17.7 Å². The molecule has 0 bridgehead atoms. The molecule has 0 radical (unpaired) electrons. The zero-order valence-corrected chi connectivity index (χ0v) is 18.8. The topological polar surface area (TPSA) is 87.7 Å². The minimum Gasteiger partial charge on any atom is -0.465 e. The van der Waals surface area contributed by atoms with Crippen LogP contribution in [0, 0.1) is 13.8 Å². The Balaban J connectivity index is 1.77. The van der Waals surface area contributed by atoms with Gasteiger partial charge < -0.3 is 15.4 Å². The lowest BCUT2D eigenvalue weighted by Crippen LogP contribution is -2.54. The molecular formula is C23H27N3O4S. The molecule has 164 valence electrons. The molecule has 1 aliphatic rings. The fourth-order valence-electron chi connectivity index (χ4n) is 3.91. The van der Waals surface area contributed by atoms with Gasteiger partial charge in [0, 0.05) is 11.4 Å². The van der Waals surface area contributed by atoms with E-state index < -0.39 is 17.5 Å². The first-order chi connectivity index (χ1) is 14.8. The summed E-state index contributed by atoms with van der Waals surface area (Å²) in [5.41, 5.74) is 2.50. The molecule has 0 unspecified atom stereocenters. The van der Waals surface area contributed by atoms with Gasteiger partial charge in [0.25, 0.3) is 5.91 Å².